The van der Waals surface area contributed by atoms with Crippen molar-refractivity contribution in [3.05, 3.63) is 59.7 Å². The van der Waals surface area contributed by atoms with Crippen LogP contribution in [0.4, 0.5) is 0 Å². The molecule has 0 aliphatic rings. The second-order valence-corrected chi connectivity index (χ2v) is 5.47. The zero-order valence-corrected chi connectivity index (χ0v) is 13.9. The third-order valence-corrected chi connectivity index (χ3v) is 3.62. The van der Waals surface area contributed by atoms with Gasteiger partial charge in [0.1, 0.15) is 12.0 Å². The first-order chi connectivity index (χ1) is 12.5. The van der Waals surface area contributed by atoms with Gasteiger partial charge in [0.25, 0.3) is 0 Å². The fourth-order valence-corrected chi connectivity index (χ4v) is 2.37. The molecule has 0 bridgehead atoms. The number of aldehydes is 1. The van der Waals surface area contributed by atoms with Crippen LogP contribution >= 0.6 is 0 Å². The molecule has 2 aromatic rings. The lowest BCUT2D eigenvalue weighted by molar-refractivity contribution is -0.137. The van der Waals surface area contributed by atoms with Crippen LogP contribution in [0.5, 0.6) is 5.75 Å². The molecule has 0 fully saturated rings. The number of hydrogen-bond donors (Lipinski definition) is 2. The van der Waals surface area contributed by atoms with E-state index in [-0.39, 0.29) is 12.0 Å². The molecule has 2 rings (SSSR count). The Hall–Kier alpha value is -3.41. The Labute approximate surface area is 150 Å². The molecule has 0 saturated heterocycles. The van der Waals surface area contributed by atoms with Crippen molar-refractivity contribution in [3.63, 3.8) is 0 Å². The minimum absolute atomic E-state index is 0.0481. The molecule has 0 aliphatic heterocycles. The summed E-state index contributed by atoms with van der Waals surface area (Å²) in [5, 5.41) is 17.8. The number of carboxylic acids is 2. The van der Waals surface area contributed by atoms with Gasteiger partial charge in [-0.25, -0.2) is 4.79 Å². The number of carbonyl (C=O) groups excluding carboxylic acids is 1. The summed E-state index contributed by atoms with van der Waals surface area (Å²) in [6, 6.07) is 11.7. The Bertz CT molecular complexity index is 821. The van der Waals surface area contributed by atoms with Crippen LogP contribution in [0.15, 0.2) is 48.5 Å². The third-order valence-electron chi connectivity index (χ3n) is 3.62. The molecule has 0 spiro atoms. The summed E-state index contributed by atoms with van der Waals surface area (Å²) < 4.78 is 5.49. The number of aliphatic carboxylic acids is 1. The van der Waals surface area contributed by atoms with E-state index < -0.39 is 11.9 Å². The number of ether oxygens (including phenoxy) is 1. The highest BCUT2D eigenvalue weighted by Gasteiger charge is 2.09. The lowest BCUT2D eigenvalue weighted by Crippen LogP contribution is -2.02. The van der Waals surface area contributed by atoms with Crippen LogP contribution in [0.1, 0.15) is 28.8 Å². The third kappa shape index (κ3) is 5.31. The predicted octanol–water partition coefficient (Wildman–Crippen LogP) is 3.51. The fourth-order valence-electron chi connectivity index (χ4n) is 2.37. The van der Waals surface area contributed by atoms with Crippen molar-refractivity contribution >= 4 is 24.3 Å². The number of carbonyl (C=O) groups is 3. The summed E-state index contributed by atoms with van der Waals surface area (Å²) >= 11 is 0. The number of carboxylic acid groups (broad SMARTS) is 2. The first kappa shape index (κ1) is 18.9. The van der Waals surface area contributed by atoms with Crippen molar-refractivity contribution < 1.29 is 29.3 Å². The van der Waals surface area contributed by atoms with Gasteiger partial charge in [0.05, 0.1) is 12.2 Å². The van der Waals surface area contributed by atoms with E-state index in [2.05, 4.69) is 0 Å². The summed E-state index contributed by atoms with van der Waals surface area (Å²) in [5.74, 6) is -1.30. The fraction of sp³-hybridized carbons (Fsp3) is 0.150. The molecule has 0 amide bonds. The number of allylic oxidation sites excluding steroid dienone is 1. The second-order valence-electron chi connectivity index (χ2n) is 5.47. The SMILES string of the molecule is O=CC=Cc1ccc(C(=O)O)cc1-c1ccc(OCCCC(=O)O)cc1. The van der Waals surface area contributed by atoms with Crippen LogP contribution in [0, 0.1) is 0 Å². The smallest absolute Gasteiger partial charge is 0.335 e. The summed E-state index contributed by atoms with van der Waals surface area (Å²) in [6.45, 7) is 0.299. The largest absolute Gasteiger partial charge is 0.494 e. The summed E-state index contributed by atoms with van der Waals surface area (Å²) in [5.41, 5.74) is 2.33. The van der Waals surface area contributed by atoms with Crippen LogP contribution in [0.3, 0.4) is 0 Å². The van der Waals surface area contributed by atoms with Crippen LogP contribution in [0.25, 0.3) is 17.2 Å². The number of aromatic carboxylic acids is 1. The van der Waals surface area contributed by atoms with Crippen LogP contribution < -0.4 is 4.74 Å². The average molecular weight is 354 g/mol. The van der Waals surface area contributed by atoms with E-state index in [9.17, 15) is 19.5 Å². The highest BCUT2D eigenvalue weighted by Crippen LogP contribution is 2.28. The van der Waals surface area contributed by atoms with E-state index in [0.717, 1.165) is 11.1 Å². The molecule has 134 valence electrons. The van der Waals surface area contributed by atoms with Gasteiger partial charge in [-0.3, -0.25) is 9.59 Å². The van der Waals surface area contributed by atoms with Crippen molar-refractivity contribution in [2.75, 3.05) is 6.61 Å². The average Bonchev–Trinajstić information content (AvgIpc) is 2.63. The van der Waals surface area contributed by atoms with E-state index in [4.69, 9.17) is 9.84 Å². The van der Waals surface area contributed by atoms with Gasteiger partial charge in [-0.15, -0.1) is 0 Å². The lowest BCUT2D eigenvalue weighted by atomic mass is 9.97. The first-order valence-corrected chi connectivity index (χ1v) is 7.95. The van der Waals surface area contributed by atoms with Gasteiger partial charge in [0.2, 0.25) is 0 Å². The molecule has 6 nitrogen and oxygen atoms in total. The molecule has 0 unspecified atom stereocenters. The summed E-state index contributed by atoms with van der Waals surface area (Å²) in [7, 11) is 0. The Balaban J connectivity index is 2.22. The topological polar surface area (TPSA) is 101 Å². The predicted molar refractivity (Wildman–Crippen MR) is 96.3 cm³/mol. The Morgan fingerprint density at radius 1 is 1.04 bits per heavy atom. The van der Waals surface area contributed by atoms with Gasteiger partial charge in [0.15, 0.2) is 0 Å². The van der Waals surface area contributed by atoms with Crippen LogP contribution in [-0.4, -0.2) is 35.0 Å². The highest BCUT2D eigenvalue weighted by atomic mass is 16.5. The molecular weight excluding hydrogens is 336 g/mol. The number of rotatable bonds is 9. The van der Waals surface area contributed by atoms with Crippen molar-refractivity contribution in [2.24, 2.45) is 0 Å². The molecule has 0 aliphatic carbocycles. The van der Waals surface area contributed by atoms with Crippen molar-refractivity contribution in [1.29, 1.82) is 0 Å². The van der Waals surface area contributed by atoms with Crippen molar-refractivity contribution in [2.45, 2.75) is 12.8 Å². The van der Waals surface area contributed by atoms with Gasteiger partial charge in [-0.05, 0) is 53.5 Å². The summed E-state index contributed by atoms with van der Waals surface area (Å²) in [6.07, 6.45) is 4.08. The van der Waals surface area contributed by atoms with Crippen molar-refractivity contribution in [3.8, 4) is 16.9 Å². The molecule has 2 N–H and O–H groups in total. The molecule has 0 atom stereocenters. The maximum atomic E-state index is 11.2. The minimum Gasteiger partial charge on any atom is -0.494 e. The summed E-state index contributed by atoms with van der Waals surface area (Å²) in [4.78, 5) is 32.3. The van der Waals surface area contributed by atoms with E-state index in [1.165, 1.54) is 12.1 Å². The quantitative estimate of drug-likeness (QED) is 0.406. The zero-order chi connectivity index (χ0) is 18.9. The minimum atomic E-state index is -1.03. The zero-order valence-electron chi connectivity index (χ0n) is 13.9. The molecule has 2 aromatic carbocycles. The van der Waals surface area contributed by atoms with Gasteiger partial charge in [-0.1, -0.05) is 24.3 Å². The van der Waals surface area contributed by atoms with E-state index in [0.29, 0.717) is 30.6 Å². The maximum Gasteiger partial charge on any atom is 0.335 e. The maximum absolute atomic E-state index is 11.2. The Morgan fingerprint density at radius 3 is 2.38 bits per heavy atom. The first-order valence-electron chi connectivity index (χ1n) is 7.95. The lowest BCUT2D eigenvalue weighted by Gasteiger charge is -2.10. The van der Waals surface area contributed by atoms with Crippen molar-refractivity contribution in [1.82, 2.24) is 0 Å². The van der Waals surface area contributed by atoms with Gasteiger partial charge in [0, 0.05) is 6.42 Å². The van der Waals surface area contributed by atoms with Gasteiger partial charge in [-0.2, -0.15) is 0 Å². The monoisotopic (exact) mass is 354 g/mol. The molecule has 0 heterocycles. The van der Waals surface area contributed by atoms with E-state index >= 15 is 0 Å². The Morgan fingerprint density at radius 2 is 1.77 bits per heavy atom. The van der Waals surface area contributed by atoms with Gasteiger partial charge >= 0.3 is 11.9 Å². The number of benzene rings is 2. The van der Waals surface area contributed by atoms with E-state index in [1.54, 1.807) is 42.5 Å². The second kappa shape index (κ2) is 9.17. The standard InChI is InChI=1S/C20H18O6/c21-11-1-3-14-5-6-16(20(24)25)13-18(14)15-7-9-17(10-8-15)26-12-2-4-19(22)23/h1,3,5-11,13H,2,4,12H2,(H,22,23)(H,24,25). The molecule has 0 aromatic heterocycles. The van der Waals surface area contributed by atoms with Crippen LogP contribution in [-0.2, 0) is 9.59 Å². The highest BCUT2D eigenvalue weighted by molar-refractivity contribution is 5.91. The molecule has 6 heteroatoms. The normalized spacial score (nSPS) is 10.6. The molecule has 0 saturated carbocycles. The molecular formula is C20H18O6. The molecule has 0 radical (unpaired) electrons. The Kier molecular flexibility index (Phi) is 6.68. The number of hydrogen-bond acceptors (Lipinski definition) is 4. The molecule has 26 heavy (non-hydrogen) atoms. The van der Waals surface area contributed by atoms with E-state index in [1.807, 2.05) is 0 Å². The van der Waals surface area contributed by atoms with Gasteiger partial charge < -0.3 is 14.9 Å². The van der Waals surface area contributed by atoms with Crippen LogP contribution in [0.2, 0.25) is 0 Å².